The van der Waals surface area contributed by atoms with E-state index in [1.807, 2.05) is 30.3 Å². The fourth-order valence-electron chi connectivity index (χ4n) is 1.86. The number of pyridine rings is 1. The molecule has 3 heteroatoms. The Kier molecular flexibility index (Phi) is 1.90. The van der Waals surface area contributed by atoms with Crippen molar-refractivity contribution in [2.45, 2.75) is 0 Å². The number of anilines is 1. The fraction of sp³-hybridized carbons (Fsp3) is 0. The number of nitrogens with zero attached hydrogens (tertiary/aromatic N) is 1. The first kappa shape index (κ1) is 8.97. The minimum absolute atomic E-state index is 0.550. The molecule has 2 aromatic heterocycles. The lowest BCUT2D eigenvalue weighted by Gasteiger charge is -2.00. The van der Waals surface area contributed by atoms with Gasteiger partial charge in [-0.05, 0) is 24.3 Å². The molecule has 3 N–H and O–H groups in total. The summed E-state index contributed by atoms with van der Waals surface area (Å²) >= 11 is 0. The Morgan fingerprint density at radius 3 is 2.75 bits per heavy atom. The Morgan fingerprint density at radius 2 is 1.94 bits per heavy atom. The van der Waals surface area contributed by atoms with Crippen molar-refractivity contribution >= 4 is 16.7 Å². The van der Waals surface area contributed by atoms with Crippen LogP contribution in [-0.2, 0) is 0 Å². The summed E-state index contributed by atoms with van der Waals surface area (Å²) in [6.07, 6.45) is 1.70. The van der Waals surface area contributed by atoms with Gasteiger partial charge in [-0.15, -0.1) is 0 Å². The molecule has 1 aromatic carbocycles. The van der Waals surface area contributed by atoms with Crippen LogP contribution in [0.4, 0.5) is 5.82 Å². The number of H-pyrrole nitrogens is 1. The maximum absolute atomic E-state index is 5.84. The molecule has 0 aliphatic heterocycles. The molecule has 16 heavy (non-hydrogen) atoms. The molecule has 0 radical (unpaired) electrons. The van der Waals surface area contributed by atoms with Crippen LogP contribution in [0.2, 0.25) is 0 Å². The van der Waals surface area contributed by atoms with Gasteiger partial charge >= 0.3 is 0 Å². The zero-order chi connectivity index (χ0) is 11.0. The van der Waals surface area contributed by atoms with E-state index in [9.17, 15) is 0 Å². The average Bonchev–Trinajstić information content (AvgIpc) is 2.73. The van der Waals surface area contributed by atoms with Crippen LogP contribution in [-0.4, -0.2) is 9.97 Å². The maximum atomic E-state index is 5.84. The Balaban J connectivity index is 2.23. The Hall–Kier alpha value is -2.29. The van der Waals surface area contributed by atoms with E-state index in [-0.39, 0.29) is 0 Å². The largest absolute Gasteiger partial charge is 0.383 e. The first-order valence-electron chi connectivity index (χ1n) is 5.13. The number of nitrogen functional groups attached to an aromatic ring is 1. The first-order valence-corrected chi connectivity index (χ1v) is 5.13. The van der Waals surface area contributed by atoms with Gasteiger partial charge in [0, 0.05) is 22.7 Å². The van der Waals surface area contributed by atoms with Gasteiger partial charge < -0.3 is 10.7 Å². The minimum Gasteiger partial charge on any atom is -0.383 e. The van der Waals surface area contributed by atoms with Crippen LogP contribution < -0.4 is 5.73 Å². The van der Waals surface area contributed by atoms with Crippen molar-refractivity contribution in [3.8, 4) is 11.3 Å². The van der Waals surface area contributed by atoms with E-state index in [1.165, 1.54) is 5.39 Å². The third-order valence-corrected chi connectivity index (χ3v) is 2.66. The zero-order valence-electron chi connectivity index (χ0n) is 8.64. The number of nitrogens with two attached hydrogens (primary N) is 1. The number of aromatic amines is 1. The third kappa shape index (κ3) is 1.34. The van der Waals surface area contributed by atoms with Crippen LogP contribution in [0, 0.1) is 0 Å². The first-order chi connectivity index (χ1) is 7.84. The highest BCUT2D eigenvalue weighted by Crippen LogP contribution is 2.26. The van der Waals surface area contributed by atoms with Crippen molar-refractivity contribution in [3.05, 3.63) is 48.7 Å². The summed E-state index contributed by atoms with van der Waals surface area (Å²) in [7, 11) is 0. The zero-order valence-corrected chi connectivity index (χ0v) is 8.64. The van der Waals surface area contributed by atoms with Crippen LogP contribution >= 0.6 is 0 Å². The molecular formula is C13H11N3. The number of benzene rings is 1. The second-order valence-electron chi connectivity index (χ2n) is 3.71. The number of para-hydroxylation sites is 1. The lowest BCUT2D eigenvalue weighted by Crippen LogP contribution is -1.92. The standard InChI is InChI=1S/C13H11N3/c14-13-10(5-3-7-15-13)12-8-9-4-1-2-6-11(9)16-12/h1-8,16H,(H2,14,15). The fourth-order valence-corrected chi connectivity index (χ4v) is 1.86. The lowest BCUT2D eigenvalue weighted by molar-refractivity contribution is 1.32. The summed E-state index contributed by atoms with van der Waals surface area (Å²) in [5.74, 6) is 0.550. The highest BCUT2D eigenvalue weighted by atomic mass is 14.8. The molecule has 3 rings (SSSR count). The molecule has 0 bridgehead atoms. The van der Waals surface area contributed by atoms with Crippen molar-refractivity contribution in [1.82, 2.24) is 9.97 Å². The molecule has 3 nitrogen and oxygen atoms in total. The van der Waals surface area contributed by atoms with Crippen LogP contribution in [0.3, 0.4) is 0 Å². The quantitative estimate of drug-likeness (QED) is 0.647. The van der Waals surface area contributed by atoms with Crippen molar-refractivity contribution in [3.63, 3.8) is 0 Å². The van der Waals surface area contributed by atoms with Crippen molar-refractivity contribution < 1.29 is 0 Å². The van der Waals surface area contributed by atoms with E-state index < -0.39 is 0 Å². The number of aromatic nitrogens is 2. The van der Waals surface area contributed by atoms with Gasteiger partial charge in [0.15, 0.2) is 0 Å². The molecule has 0 amide bonds. The predicted molar refractivity (Wildman–Crippen MR) is 65.9 cm³/mol. The Morgan fingerprint density at radius 1 is 1.06 bits per heavy atom. The highest BCUT2D eigenvalue weighted by molar-refractivity contribution is 5.87. The van der Waals surface area contributed by atoms with Crippen molar-refractivity contribution in [2.75, 3.05) is 5.73 Å². The molecular weight excluding hydrogens is 198 g/mol. The monoisotopic (exact) mass is 209 g/mol. The Bertz CT molecular complexity index is 607. The summed E-state index contributed by atoms with van der Waals surface area (Å²) in [5.41, 5.74) is 8.90. The van der Waals surface area contributed by atoms with Gasteiger partial charge in [-0.3, -0.25) is 0 Å². The van der Waals surface area contributed by atoms with Gasteiger partial charge in [0.1, 0.15) is 5.82 Å². The maximum Gasteiger partial charge on any atom is 0.132 e. The van der Waals surface area contributed by atoms with Gasteiger partial charge in [-0.25, -0.2) is 4.98 Å². The molecule has 2 heterocycles. The van der Waals surface area contributed by atoms with Crippen molar-refractivity contribution in [2.24, 2.45) is 0 Å². The van der Waals surface area contributed by atoms with E-state index in [0.717, 1.165) is 16.8 Å². The smallest absolute Gasteiger partial charge is 0.132 e. The van der Waals surface area contributed by atoms with Gasteiger partial charge in [-0.2, -0.15) is 0 Å². The van der Waals surface area contributed by atoms with Crippen LogP contribution in [0.1, 0.15) is 0 Å². The van der Waals surface area contributed by atoms with Crippen molar-refractivity contribution in [1.29, 1.82) is 0 Å². The topological polar surface area (TPSA) is 54.7 Å². The molecule has 0 atom stereocenters. The summed E-state index contributed by atoms with van der Waals surface area (Å²) in [4.78, 5) is 7.42. The highest BCUT2D eigenvalue weighted by Gasteiger charge is 2.05. The number of hydrogen-bond donors (Lipinski definition) is 2. The van der Waals surface area contributed by atoms with Gasteiger partial charge in [-0.1, -0.05) is 18.2 Å². The van der Waals surface area contributed by atoms with E-state index in [0.29, 0.717) is 5.82 Å². The van der Waals surface area contributed by atoms with Gasteiger partial charge in [0.05, 0.1) is 5.69 Å². The molecule has 3 aromatic rings. The summed E-state index contributed by atoms with van der Waals surface area (Å²) in [5, 5.41) is 1.18. The molecule has 0 aliphatic rings. The third-order valence-electron chi connectivity index (χ3n) is 2.66. The Labute approximate surface area is 92.9 Å². The van der Waals surface area contributed by atoms with Crippen LogP contribution in [0.5, 0.6) is 0 Å². The number of nitrogens with one attached hydrogen (secondary N) is 1. The average molecular weight is 209 g/mol. The second-order valence-corrected chi connectivity index (χ2v) is 3.71. The van der Waals surface area contributed by atoms with E-state index in [2.05, 4.69) is 22.1 Å². The van der Waals surface area contributed by atoms with E-state index >= 15 is 0 Å². The van der Waals surface area contributed by atoms with Crippen LogP contribution in [0.15, 0.2) is 48.7 Å². The van der Waals surface area contributed by atoms with Gasteiger partial charge in [0.2, 0.25) is 0 Å². The minimum atomic E-state index is 0.550. The molecule has 0 saturated heterocycles. The molecule has 0 saturated carbocycles. The summed E-state index contributed by atoms with van der Waals surface area (Å²) in [6.45, 7) is 0. The van der Waals surface area contributed by atoms with E-state index in [4.69, 9.17) is 5.73 Å². The molecule has 0 unspecified atom stereocenters. The molecule has 0 fully saturated rings. The number of hydrogen-bond acceptors (Lipinski definition) is 2. The molecule has 0 aliphatic carbocycles. The number of fused-ring (bicyclic) bond motifs is 1. The number of rotatable bonds is 1. The normalized spacial score (nSPS) is 10.8. The summed E-state index contributed by atoms with van der Waals surface area (Å²) < 4.78 is 0. The second kappa shape index (κ2) is 3.38. The molecule has 78 valence electrons. The molecule has 0 spiro atoms. The van der Waals surface area contributed by atoms with E-state index in [1.54, 1.807) is 6.20 Å². The SMILES string of the molecule is Nc1ncccc1-c1cc2ccccc2[nH]1. The lowest BCUT2D eigenvalue weighted by atomic mass is 10.2. The summed E-state index contributed by atoms with van der Waals surface area (Å²) in [6, 6.07) is 14.1. The predicted octanol–water partition coefficient (Wildman–Crippen LogP) is 2.81. The van der Waals surface area contributed by atoms with Crippen LogP contribution in [0.25, 0.3) is 22.2 Å². The van der Waals surface area contributed by atoms with Gasteiger partial charge in [0.25, 0.3) is 0 Å².